The van der Waals surface area contributed by atoms with Crippen molar-refractivity contribution in [3.8, 4) is 0 Å². The zero-order valence-corrected chi connectivity index (χ0v) is 11.7. The summed E-state index contributed by atoms with van der Waals surface area (Å²) in [6.45, 7) is 0.777. The molecule has 1 aliphatic carbocycles. The highest BCUT2D eigenvalue weighted by Crippen LogP contribution is 2.38. The highest BCUT2D eigenvalue weighted by Gasteiger charge is 2.41. The normalized spacial score (nSPS) is 28.3. The van der Waals surface area contributed by atoms with Crippen LogP contribution in [0.15, 0.2) is 15.2 Å². The molecule has 2 aliphatic rings. The molecule has 1 aromatic rings. The Morgan fingerprint density at radius 1 is 1.47 bits per heavy atom. The zero-order chi connectivity index (χ0) is 11.8. The molecular formula is C12H14BrNO2S. The number of carbonyl (C=O) groups is 1. The van der Waals surface area contributed by atoms with Crippen LogP contribution in [-0.2, 0) is 4.74 Å². The summed E-state index contributed by atoms with van der Waals surface area (Å²) in [6.07, 6.45) is 3.70. The van der Waals surface area contributed by atoms with Crippen molar-refractivity contribution in [1.82, 2.24) is 5.32 Å². The first-order valence-corrected chi connectivity index (χ1v) is 7.58. The first-order chi connectivity index (χ1) is 8.24. The molecule has 1 amide bonds. The highest BCUT2D eigenvalue weighted by molar-refractivity contribution is 9.11. The molecule has 1 saturated heterocycles. The van der Waals surface area contributed by atoms with Crippen molar-refractivity contribution in [1.29, 1.82) is 0 Å². The second-order valence-corrected chi connectivity index (χ2v) is 6.97. The van der Waals surface area contributed by atoms with E-state index >= 15 is 0 Å². The first-order valence-electron chi connectivity index (χ1n) is 5.90. The Hall–Kier alpha value is -0.390. The fraction of sp³-hybridized carbons (Fsp3) is 0.583. The van der Waals surface area contributed by atoms with Gasteiger partial charge in [0, 0.05) is 12.0 Å². The summed E-state index contributed by atoms with van der Waals surface area (Å²) >= 11 is 4.91. The van der Waals surface area contributed by atoms with E-state index in [-0.39, 0.29) is 18.1 Å². The molecule has 2 heterocycles. The minimum atomic E-state index is 0.0214. The van der Waals surface area contributed by atoms with E-state index in [0.29, 0.717) is 5.92 Å². The van der Waals surface area contributed by atoms with Crippen LogP contribution in [0.3, 0.4) is 0 Å². The average Bonchev–Trinajstić information content (AvgIpc) is 2.89. The molecule has 92 valence electrons. The van der Waals surface area contributed by atoms with Gasteiger partial charge in [0.25, 0.3) is 5.91 Å². The van der Waals surface area contributed by atoms with E-state index in [1.807, 2.05) is 11.4 Å². The van der Waals surface area contributed by atoms with Gasteiger partial charge in [-0.3, -0.25) is 4.79 Å². The van der Waals surface area contributed by atoms with Crippen molar-refractivity contribution in [3.63, 3.8) is 0 Å². The number of rotatable bonds is 3. The molecule has 1 aliphatic heterocycles. The molecular weight excluding hydrogens is 302 g/mol. The van der Waals surface area contributed by atoms with Gasteiger partial charge in [-0.25, -0.2) is 0 Å². The monoisotopic (exact) mass is 315 g/mol. The van der Waals surface area contributed by atoms with E-state index in [9.17, 15) is 4.79 Å². The zero-order valence-electron chi connectivity index (χ0n) is 9.32. The van der Waals surface area contributed by atoms with Gasteiger partial charge in [-0.15, -0.1) is 11.3 Å². The topological polar surface area (TPSA) is 38.3 Å². The quantitative estimate of drug-likeness (QED) is 0.931. The average molecular weight is 316 g/mol. The predicted octanol–water partition coefficient (Wildman–Crippen LogP) is 2.81. The minimum Gasteiger partial charge on any atom is -0.376 e. The van der Waals surface area contributed by atoms with Crippen molar-refractivity contribution in [2.75, 3.05) is 6.61 Å². The van der Waals surface area contributed by atoms with E-state index in [0.717, 1.165) is 22.4 Å². The van der Waals surface area contributed by atoms with Crippen LogP contribution in [0.1, 0.15) is 29.6 Å². The maximum Gasteiger partial charge on any atom is 0.252 e. The van der Waals surface area contributed by atoms with Gasteiger partial charge in [0.15, 0.2) is 0 Å². The lowest BCUT2D eigenvalue weighted by atomic mass is 10.1. The van der Waals surface area contributed by atoms with Crippen LogP contribution in [0.2, 0.25) is 0 Å². The van der Waals surface area contributed by atoms with Crippen molar-refractivity contribution in [3.05, 3.63) is 20.8 Å². The third kappa shape index (κ3) is 2.56. The lowest BCUT2D eigenvalue weighted by Gasteiger charge is -2.19. The van der Waals surface area contributed by atoms with Crippen molar-refractivity contribution in [2.45, 2.75) is 31.4 Å². The number of hydrogen-bond donors (Lipinski definition) is 1. The number of carbonyl (C=O) groups excluding carboxylic acids is 1. The number of halogens is 1. The lowest BCUT2D eigenvalue weighted by Crippen LogP contribution is -2.41. The standard InChI is InChI=1S/C12H14BrNO2S/c13-10-5-8(6-17-10)12(15)14-9-3-4-16-11(9)7-1-2-7/h5-7,9,11H,1-4H2,(H,14,15). The lowest BCUT2D eigenvalue weighted by molar-refractivity contribution is 0.0730. The molecule has 3 rings (SSSR count). The van der Waals surface area contributed by atoms with Gasteiger partial charge < -0.3 is 10.1 Å². The van der Waals surface area contributed by atoms with Crippen LogP contribution < -0.4 is 5.32 Å². The molecule has 0 radical (unpaired) electrons. The third-order valence-electron chi connectivity index (χ3n) is 3.37. The maximum absolute atomic E-state index is 12.0. The summed E-state index contributed by atoms with van der Waals surface area (Å²) in [5.74, 6) is 0.699. The Morgan fingerprint density at radius 3 is 2.94 bits per heavy atom. The Morgan fingerprint density at radius 2 is 2.29 bits per heavy atom. The number of hydrogen-bond acceptors (Lipinski definition) is 3. The minimum absolute atomic E-state index is 0.0214. The SMILES string of the molecule is O=C(NC1CCOC1C1CC1)c1csc(Br)c1. The summed E-state index contributed by atoms with van der Waals surface area (Å²) in [4.78, 5) is 12.0. The van der Waals surface area contributed by atoms with Crippen molar-refractivity contribution >= 4 is 33.2 Å². The summed E-state index contributed by atoms with van der Waals surface area (Å²) in [5, 5.41) is 4.98. The molecule has 0 aromatic carbocycles. The van der Waals surface area contributed by atoms with Crippen molar-refractivity contribution < 1.29 is 9.53 Å². The van der Waals surface area contributed by atoms with Gasteiger partial charge in [0.05, 0.1) is 21.5 Å². The Balaban J connectivity index is 1.64. The van der Waals surface area contributed by atoms with Crippen LogP contribution >= 0.6 is 27.3 Å². The molecule has 17 heavy (non-hydrogen) atoms. The van der Waals surface area contributed by atoms with Crippen molar-refractivity contribution in [2.24, 2.45) is 5.92 Å². The molecule has 1 aromatic heterocycles. The molecule has 0 bridgehead atoms. The number of thiophene rings is 1. The Kier molecular flexibility index (Phi) is 3.23. The molecule has 1 N–H and O–H groups in total. The molecule has 3 nitrogen and oxygen atoms in total. The fourth-order valence-electron chi connectivity index (χ4n) is 2.34. The van der Waals surface area contributed by atoms with Crippen LogP contribution in [0.5, 0.6) is 0 Å². The summed E-state index contributed by atoms with van der Waals surface area (Å²) < 4.78 is 6.70. The van der Waals surface area contributed by atoms with Crippen LogP contribution in [-0.4, -0.2) is 24.7 Å². The van der Waals surface area contributed by atoms with Gasteiger partial charge in [-0.1, -0.05) is 0 Å². The molecule has 1 saturated carbocycles. The smallest absolute Gasteiger partial charge is 0.252 e. The number of amides is 1. The highest BCUT2D eigenvalue weighted by atomic mass is 79.9. The van der Waals surface area contributed by atoms with E-state index in [4.69, 9.17) is 4.74 Å². The van der Waals surface area contributed by atoms with Crippen LogP contribution in [0.25, 0.3) is 0 Å². The Labute approximate surface area is 113 Å². The van der Waals surface area contributed by atoms with E-state index in [2.05, 4.69) is 21.2 Å². The largest absolute Gasteiger partial charge is 0.376 e. The fourth-order valence-corrected chi connectivity index (χ4v) is 3.47. The van der Waals surface area contributed by atoms with Gasteiger partial charge in [-0.05, 0) is 47.2 Å². The third-order valence-corrected chi connectivity index (χ3v) is 4.87. The molecule has 0 spiro atoms. The van der Waals surface area contributed by atoms with Gasteiger partial charge in [0.1, 0.15) is 0 Å². The molecule has 2 fully saturated rings. The Bertz CT molecular complexity index is 430. The molecule has 5 heteroatoms. The first kappa shape index (κ1) is 11.7. The number of ether oxygens (including phenoxy) is 1. The second-order valence-electron chi connectivity index (χ2n) is 4.68. The predicted molar refractivity (Wildman–Crippen MR) is 70.4 cm³/mol. The van der Waals surface area contributed by atoms with Gasteiger partial charge in [0.2, 0.25) is 0 Å². The maximum atomic E-state index is 12.0. The van der Waals surface area contributed by atoms with Crippen LogP contribution in [0, 0.1) is 5.92 Å². The molecule has 2 atom stereocenters. The van der Waals surface area contributed by atoms with E-state index in [1.165, 1.54) is 24.2 Å². The van der Waals surface area contributed by atoms with Crippen LogP contribution in [0.4, 0.5) is 0 Å². The second kappa shape index (κ2) is 4.71. The van der Waals surface area contributed by atoms with Gasteiger partial charge in [-0.2, -0.15) is 0 Å². The van der Waals surface area contributed by atoms with Gasteiger partial charge >= 0.3 is 0 Å². The summed E-state index contributed by atoms with van der Waals surface area (Å²) in [5.41, 5.74) is 0.739. The summed E-state index contributed by atoms with van der Waals surface area (Å²) in [7, 11) is 0. The number of nitrogens with one attached hydrogen (secondary N) is 1. The van der Waals surface area contributed by atoms with E-state index in [1.54, 1.807) is 0 Å². The van der Waals surface area contributed by atoms with E-state index < -0.39 is 0 Å². The summed E-state index contributed by atoms with van der Waals surface area (Å²) in [6, 6.07) is 2.07. The molecule has 2 unspecified atom stereocenters.